The van der Waals surface area contributed by atoms with Crippen molar-refractivity contribution in [2.75, 3.05) is 12.4 Å². The molecule has 2 aromatic rings. The molecule has 5 heteroatoms. The van der Waals surface area contributed by atoms with Crippen molar-refractivity contribution in [2.24, 2.45) is 7.05 Å². The fourth-order valence-corrected chi connectivity index (χ4v) is 2.19. The summed E-state index contributed by atoms with van der Waals surface area (Å²) in [6, 6.07) is 0. The van der Waals surface area contributed by atoms with E-state index in [1.165, 1.54) is 0 Å². The molecule has 20 heavy (non-hydrogen) atoms. The summed E-state index contributed by atoms with van der Waals surface area (Å²) in [5, 5.41) is 7.84. The molecular formula is C15H25N5. The highest BCUT2D eigenvalue weighted by Crippen LogP contribution is 2.32. The van der Waals surface area contributed by atoms with Crippen LogP contribution in [0, 0.1) is 0 Å². The standard InChI is InChI=1S/C15H25N5/c1-14(2,3)11-9-10(20(8)19-11)12(16-7)18-13(17-9)15(4,5)6/h1-8H3,(H,16,17,18). The molecule has 110 valence electrons. The summed E-state index contributed by atoms with van der Waals surface area (Å²) in [4.78, 5) is 9.47. The first kappa shape index (κ1) is 14.8. The van der Waals surface area contributed by atoms with Crippen molar-refractivity contribution in [1.29, 1.82) is 0 Å². The number of hydrogen-bond donors (Lipinski definition) is 1. The molecule has 0 spiro atoms. The molecule has 0 atom stereocenters. The largest absolute Gasteiger partial charge is 0.371 e. The maximum Gasteiger partial charge on any atom is 0.155 e. The number of rotatable bonds is 1. The Morgan fingerprint density at radius 3 is 2.00 bits per heavy atom. The van der Waals surface area contributed by atoms with Crippen LogP contribution in [0.1, 0.15) is 53.1 Å². The van der Waals surface area contributed by atoms with E-state index in [4.69, 9.17) is 4.98 Å². The van der Waals surface area contributed by atoms with Crippen LogP contribution in [0.5, 0.6) is 0 Å². The van der Waals surface area contributed by atoms with Crippen LogP contribution < -0.4 is 5.32 Å². The maximum atomic E-state index is 4.81. The highest BCUT2D eigenvalue weighted by molar-refractivity contribution is 5.88. The maximum absolute atomic E-state index is 4.81. The van der Waals surface area contributed by atoms with E-state index < -0.39 is 0 Å². The number of hydrogen-bond acceptors (Lipinski definition) is 4. The number of aryl methyl sites for hydroxylation is 1. The van der Waals surface area contributed by atoms with Crippen LogP contribution in [-0.4, -0.2) is 26.8 Å². The minimum atomic E-state index is -0.0925. The number of nitrogens with zero attached hydrogens (tertiary/aromatic N) is 4. The molecule has 0 saturated carbocycles. The van der Waals surface area contributed by atoms with Gasteiger partial charge in [-0.2, -0.15) is 5.10 Å². The molecular weight excluding hydrogens is 250 g/mol. The van der Waals surface area contributed by atoms with E-state index in [9.17, 15) is 0 Å². The van der Waals surface area contributed by atoms with Crippen LogP contribution >= 0.6 is 0 Å². The van der Waals surface area contributed by atoms with E-state index in [-0.39, 0.29) is 10.8 Å². The lowest BCUT2D eigenvalue weighted by Gasteiger charge is -2.19. The van der Waals surface area contributed by atoms with Gasteiger partial charge in [0.05, 0.1) is 5.69 Å². The predicted molar refractivity (Wildman–Crippen MR) is 83.3 cm³/mol. The number of anilines is 1. The Morgan fingerprint density at radius 1 is 0.950 bits per heavy atom. The Hall–Kier alpha value is -1.65. The van der Waals surface area contributed by atoms with Crippen molar-refractivity contribution in [3.63, 3.8) is 0 Å². The molecule has 2 aromatic heterocycles. The summed E-state index contributed by atoms with van der Waals surface area (Å²) in [5.74, 6) is 1.68. The first-order valence-corrected chi connectivity index (χ1v) is 6.99. The number of aromatic nitrogens is 4. The topological polar surface area (TPSA) is 55.6 Å². The van der Waals surface area contributed by atoms with E-state index in [0.29, 0.717) is 0 Å². The molecule has 2 rings (SSSR count). The predicted octanol–water partition coefficient (Wildman–Crippen LogP) is 3.00. The number of nitrogens with one attached hydrogen (secondary N) is 1. The second-order valence-corrected chi connectivity index (χ2v) is 7.32. The zero-order chi connectivity index (χ0) is 15.3. The van der Waals surface area contributed by atoms with Crippen LogP contribution in [-0.2, 0) is 17.9 Å². The van der Waals surface area contributed by atoms with Gasteiger partial charge in [0, 0.05) is 24.9 Å². The van der Waals surface area contributed by atoms with Gasteiger partial charge >= 0.3 is 0 Å². The third-order valence-electron chi connectivity index (χ3n) is 3.30. The Morgan fingerprint density at radius 2 is 1.55 bits per heavy atom. The summed E-state index contributed by atoms with van der Waals surface area (Å²) >= 11 is 0. The molecule has 0 unspecified atom stereocenters. The summed E-state index contributed by atoms with van der Waals surface area (Å²) < 4.78 is 1.87. The molecule has 2 heterocycles. The SMILES string of the molecule is CNc1nc(C(C)(C)C)nc2c(C(C)(C)C)nn(C)c12. The summed E-state index contributed by atoms with van der Waals surface area (Å²) in [6.45, 7) is 12.9. The molecule has 0 amide bonds. The lowest BCUT2D eigenvalue weighted by Crippen LogP contribution is -2.18. The van der Waals surface area contributed by atoms with Gasteiger partial charge in [0.1, 0.15) is 16.9 Å². The molecule has 0 bridgehead atoms. The smallest absolute Gasteiger partial charge is 0.155 e. The first-order chi connectivity index (χ1) is 9.05. The van der Waals surface area contributed by atoms with Crippen LogP contribution in [0.15, 0.2) is 0 Å². The van der Waals surface area contributed by atoms with Gasteiger partial charge in [-0.05, 0) is 0 Å². The Kier molecular flexibility index (Phi) is 3.27. The van der Waals surface area contributed by atoms with Crippen LogP contribution in [0.25, 0.3) is 11.0 Å². The fraction of sp³-hybridized carbons (Fsp3) is 0.667. The molecule has 5 nitrogen and oxygen atoms in total. The zero-order valence-corrected chi connectivity index (χ0v) is 13.8. The molecule has 0 aromatic carbocycles. The Bertz CT molecular complexity index is 641. The van der Waals surface area contributed by atoms with Crippen molar-refractivity contribution in [2.45, 2.75) is 52.4 Å². The van der Waals surface area contributed by atoms with E-state index in [0.717, 1.165) is 28.4 Å². The van der Waals surface area contributed by atoms with Crippen molar-refractivity contribution in [3.8, 4) is 0 Å². The minimum absolute atomic E-state index is 0.0476. The van der Waals surface area contributed by atoms with Gasteiger partial charge in [-0.15, -0.1) is 0 Å². The second kappa shape index (κ2) is 4.43. The van der Waals surface area contributed by atoms with E-state index in [2.05, 4.69) is 56.9 Å². The van der Waals surface area contributed by atoms with Gasteiger partial charge in [0.2, 0.25) is 0 Å². The molecule has 0 radical (unpaired) electrons. The molecule has 1 N–H and O–H groups in total. The molecule has 0 aliphatic rings. The lowest BCUT2D eigenvalue weighted by atomic mass is 9.91. The van der Waals surface area contributed by atoms with Crippen LogP contribution in [0.4, 0.5) is 5.82 Å². The average molecular weight is 275 g/mol. The van der Waals surface area contributed by atoms with Gasteiger partial charge < -0.3 is 5.32 Å². The van der Waals surface area contributed by atoms with Gasteiger partial charge in [0.25, 0.3) is 0 Å². The lowest BCUT2D eigenvalue weighted by molar-refractivity contribution is 0.544. The molecule has 0 aliphatic carbocycles. The second-order valence-electron chi connectivity index (χ2n) is 7.32. The van der Waals surface area contributed by atoms with E-state index >= 15 is 0 Å². The quantitative estimate of drug-likeness (QED) is 0.869. The molecule has 0 fully saturated rings. The third kappa shape index (κ3) is 2.37. The van der Waals surface area contributed by atoms with Crippen molar-refractivity contribution >= 4 is 16.9 Å². The van der Waals surface area contributed by atoms with Crippen molar-refractivity contribution in [3.05, 3.63) is 11.5 Å². The van der Waals surface area contributed by atoms with Gasteiger partial charge in [-0.25, -0.2) is 9.97 Å². The highest BCUT2D eigenvalue weighted by atomic mass is 15.3. The zero-order valence-electron chi connectivity index (χ0n) is 13.8. The summed E-state index contributed by atoms with van der Waals surface area (Å²) in [5.41, 5.74) is 2.79. The van der Waals surface area contributed by atoms with Gasteiger partial charge in [-0.1, -0.05) is 41.5 Å². The van der Waals surface area contributed by atoms with Crippen LogP contribution in [0.3, 0.4) is 0 Å². The molecule has 0 saturated heterocycles. The van der Waals surface area contributed by atoms with Gasteiger partial charge in [-0.3, -0.25) is 4.68 Å². The summed E-state index contributed by atoms with van der Waals surface area (Å²) in [7, 11) is 3.83. The van der Waals surface area contributed by atoms with E-state index in [1.54, 1.807) is 0 Å². The van der Waals surface area contributed by atoms with Crippen molar-refractivity contribution in [1.82, 2.24) is 19.7 Å². The highest BCUT2D eigenvalue weighted by Gasteiger charge is 2.27. The Balaban J connectivity index is 2.88. The monoisotopic (exact) mass is 275 g/mol. The normalized spacial score (nSPS) is 13.0. The van der Waals surface area contributed by atoms with Crippen LogP contribution in [0.2, 0.25) is 0 Å². The Labute approximate surface area is 120 Å². The van der Waals surface area contributed by atoms with E-state index in [1.807, 2.05) is 18.8 Å². The molecule has 0 aliphatic heterocycles. The fourth-order valence-electron chi connectivity index (χ4n) is 2.19. The first-order valence-electron chi connectivity index (χ1n) is 6.99. The minimum Gasteiger partial charge on any atom is -0.371 e. The third-order valence-corrected chi connectivity index (χ3v) is 3.30. The van der Waals surface area contributed by atoms with Crippen molar-refractivity contribution < 1.29 is 0 Å². The average Bonchev–Trinajstić information content (AvgIpc) is 2.64. The summed E-state index contributed by atoms with van der Waals surface area (Å²) in [6.07, 6.45) is 0. The van der Waals surface area contributed by atoms with Gasteiger partial charge in [0.15, 0.2) is 5.82 Å². The number of fused-ring (bicyclic) bond motifs is 1.